The Hall–Kier alpha value is -1.46. The lowest BCUT2D eigenvalue weighted by molar-refractivity contribution is 0.102. The molecule has 18 heavy (non-hydrogen) atoms. The van der Waals surface area contributed by atoms with Gasteiger partial charge in [0, 0.05) is 6.20 Å². The molecule has 0 fully saturated rings. The van der Waals surface area contributed by atoms with Gasteiger partial charge < -0.3 is 5.32 Å². The number of halogens is 3. The summed E-state index contributed by atoms with van der Waals surface area (Å²) in [6.07, 6.45) is 1.52. The maximum Gasteiger partial charge on any atom is 0.259 e. The van der Waals surface area contributed by atoms with Crippen molar-refractivity contribution in [2.24, 2.45) is 0 Å². The van der Waals surface area contributed by atoms with Gasteiger partial charge in [-0.2, -0.15) is 0 Å². The van der Waals surface area contributed by atoms with Crippen LogP contribution in [0.15, 0.2) is 41.0 Å². The molecular weight excluding hydrogens is 322 g/mol. The Labute approximate surface area is 116 Å². The summed E-state index contributed by atoms with van der Waals surface area (Å²) in [7, 11) is 0. The van der Waals surface area contributed by atoms with Crippen molar-refractivity contribution in [3.05, 3.63) is 57.4 Å². The van der Waals surface area contributed by atoms with Crippen molar-refractivity contribution in [3.8, 4) is 0 Å². The fourth-order valence-electron chi connectivity index (χ4n) is 1.33. The zero-order valence-corrected chi connectivity index (χ0v) is 11.3. The number of nitrogens with one attached hydrogen (secondary N) is 1. The molecule has 0 bridgehead atoms. The number of anilines is 1. The van der Waals surface area contributed by atoms with Gasteiger partial charge in [-0.15, -0.1) is 0 Å². The summed E-state index contributed by atoms with van der Waals surface area (Å²) in [5.74, 6) is -1.03. The van der Waals surface area contributed by atoms with Gasteiger partial charge in [0.05, 0.1) is 15.1 Å². The molecule has 3 nitrogen and oxygen atoms in total. The molecule has 1 N–H and O–H groups in total. The molecule has 0 spiro atoms. The van der Waals surface area contributed by atoms with E-state index in [9.17, 15) is 9.18 Å². The lowest BCUT2D eigenvalue weighted by atomic mass is 10.2. The Balaban J connectivity index is 2.28. The van der Waals surface area contributed by atoms with Crippen LogP contribution in [0.3, 0.4) is 0 Å². The summed E-state index contributed by atoms with van der Waals surface area (Å²) in [6, 6.07) is 7.67. The molecule has 1 aromatic heterocycles. The van der Waals surface area contributed by atoms with E-state index in [1.54, 1.807) is 12.1 Å². The quantitative estimate of drug-likeness (QED) is 0.908. The van der Waals surface area contributed by atoms with Gasteiger partial charge >= 0.3 is 0 Å². The zero-order valence-electron chi connectivity index (χ0n) is 8.95. The van der Waals surface area contributed by atoms with Crippen molar-refractivity contribution in [2.75, 3.05) is 5.32 Å². The SMILES string of the molecule is O=C(Nc1ncccc1Br)c1cccc(Cl)c1F. The summed E-state index contributed by atoms with van der Waals surface area (Å²) in [6.45, 7) is 0. The molecule has 0 atom stereocenters. The van der Waals surface area contributed by atoms with Gasteiger partial charge in [-0.1, -0.05) is 17.7 Å². The molecule has 0 saturated carbocycles. The molecule has 0 aliphatic carbocycles. The normalized spacial score (nSPS) is 10.2. The smallest absolute Gasteiger partial charge is 0.259 e. The number of hydrogen-bond acceptors (Lipinski definition) is 2. The lowest BCUT2D eigenvalue weighted by Crippen LogP contribution is -2.15. The van der Waals surface area contributed by atoms with Gasteiger partial charge in [0.15, 0.2) is 5.82 Å². The summed E-state index contributed by atoms with van der Waals surface area (Å²) < 4.78 is 14.2. The molecule has 1 heterocycles. The van der Waals surface area contributed by atoms with Crippen molar-refractivity contribution in [1.29, 1.82) is 0 Å². The number of amides is 1. The first-order valence-corrected chi connectivity index (χ1v) is 6.12. The van der Waals surface area contributed by atoms with Crippen LogP contribution < -0.4 is 5.32 Å². The molecule has 0 unspecified atom stereocenters. The van der Waals surface area contributed by atoms with E-state index in [0.717, 1.165) is 0 Å². The number of rotatable bonds is 2. The third-order valence-corrected chi connectivity index (χ3v) is 3.12. The molecule has 2 rings (SSSR count). The largest absolute Gasteiger partial charge is 0.306 e. The van der Waals surface area contributed by atoms with E-state index in [-0.39, 0.29) is 10.6 Å². The summed E-state index contributed by atoms with van der Waals surface area (Å²) in [5, 5.41) is 2.40. The average molecular weight is 330 g/mol. The molecular formula is C12H7BrClFN2O. The fourth-order valence-corrected chi connectivity index (χ4v) is 1.86. The van der Waals surface area contributed by atoms with Crippen LogP contribution in [0.5, 0.6) is 0 Å². The van der Waals surface area contributed by atoms with Crippen LogP contribution in [0.25, 0.3) is 0 Å². The van der Waals surface area contributed by atoms with Crippen LogP contribution in [0.1, 0.15) is 10.4 Å². The number of nitrogens with zero attached hydrogens (tertiary/aromatic N) is 1. The first kappa shape index (κ1) is 13.0. The number of carbonyl (C=O) groups is 1. The van der Waals surface area contributed by atoms with Crippen molar-refractivity contribution in [1.82, 2.24) is 4.98 Å². The topological polar surface area (TPSA) is 42.0 Å². The standard InChI is InChI=1S/C12H7BrClFN2O/c13-8-4-2-6-16-11(8)17-12(18)7-3-1-5-9(14)10(7)15/h1-6H,(H,16,17,18). The van der Waals surface area contributed by atoms with Crippen LogP contribution in [-0.2, 0) is 0 Å². The molecule has 0 aliphatic rings. The number of hydrogen-bond donors (Lipinski definition) is 1. The molecule has 0 aliphatic heterocycles. The lowest BCUT2D eigenvalue weighted by Gasteiger charge is -2.07. The summed E-state index contributed by atoms with van der Waals surface area (Å²) in [5.41, 5.74) is -0.125. The molecule has 2 aromatic rings. The molecule has 92 valence electrons. The van der Waals surface area contributed by atoms with Crippen molar-refractivity contribution < 1.29 is 9.18 Å². The molecule has 1 amide bonds. The highest BCUT2D eigenvalue weighted by Gasteiger charge is 2.15. The van der Waals surface area contributed by atoms with E-state index in [1.165, 1.54) is 24.4 Å². The van der Waals surface area contributed by atoms with Crippen molar-refractivity contribution >= 4 is 39.3 Å². The number of aromatic nitrogens is 1. The van der Waals surface area contributed by atoms with Crippen LogP contribution in [0.2, 0.25) is 5.02 Å². The van der Waals surface area contributed by atoms with E-state index >= 15 is 0 Å². The Kier molecular flexibility index (Phi) is 3.93. The van der Waals surface area contributed by atoms with Crippen LogP contribution in [0.4, 0.5) is 10.2 Å². The van der Waals surface area contributed by atoms with E-state index in [0.29, 0.717) is 10.3 Å². The van der Waals surface area contributed by atoms with Crippen LogP contribution in [-0.4, -0.2) is 10.9 Å². The molecule has 0 radical (unpaired) electrons. The maximum absolute atomic E-state index is 13.6. The monoisotopic (exact) mass is 328 g/mol. The van der Waals surface area contributed by atoms with Gasteiger partial charge in [-0.3, -0.25) is 4.79 Å². The van der Waals surface area contributed by atoms with Gasteiger partial charge in [-0.25, -0.2) is 9.37 Å². The van der Waals surface area contributed by atoms with Gasteiger partial charge in [0.1, 0.15) is 5.82 Å². The maximum atomic E-state index is 13.6. The summed E-state index contributed by atoms with van der Waals surface area (Å²) >= 11 is 8.85. The predicted octanol–water partition coefficient (Wildman–Crippen LogP) is 3.89. The Bertz CT molecular complexity index is 606. The summed E-state index contributed by atoms with van der Waals surface area (Å²) in [4.78, 5) is 15.8. The molecule has 6 heteroatoms. The predicted molar refractivity (Wildman–Crippen MR) is 71.3 cm³/mol. The minimum Gasteiger partial charge on any atom is -0.306 e. The highest BCUT2D eigenvalue weighted by atomic mass is 79.9. The third-order valence-electron chi connectivity index (χ3n) is 2.19. The van der Waals surface area contributed by atoms with Crippen molar-refractivity contribution in [3.63, 3.8) is 0 Å². The second kappa shape index (κ2) is 5.46. The fraction of sp³-hybridized carbons (Fsp3) is 0. The van der Waals surface area contributed by atoms with Gasteiger partial charge in [0.25, 0.3) is 5.91 Å². The first-order chi connectivity index (χ1) is 8.59. The van der Waals surface area contributed by atoms with Crippen molar-refractivity contribution in [2.45, 2.75) is 0 Å². The molecule has 1 aromatic carbocycles. The second-order valence-corrected chi connectivity index (χ2v) is 4.65. The molecule has 0 saturated heterocycles. The number of benzene rings is 1. The minimum absolute atomic E-state index is 0.0947. The first-order valence-electron chi connectivity index (χ1n) is 4.95. The number of pyridine rings is 1. The van der Waals surface area contributed by atoms with Crippen LogP contribution >= 0.6 is 27.5 Å². The van der Waals surface area contributed by atoms with Gasteiger partial charge in [0.2, 0.25) is 0 Å². The Morgan fingerprint density at radius 2 is 2.11 bits per heavy atom. The van der Waals surface area contributed by atoms with Gasteiger partial charge in [-0.05, 0) is 40.2 Å². The van der Waals surface area contributed by atoms with Crippen LogP contribution in [0, 0.1) is 5.82 Å². The Morgan fingerprint density at radius 1 is 1.33 bits per heavy atom. The zero-order chi connectivity index (χ0) is 13.1. The van der Waals surface area contributed by atoms with E-state index in [1.807, 2.05) is 0 Å². The van der Waals surface area contributed by atoms with E-state index in [2.05, 4.69) is 26.2 Å². The second-order valence-electron chi connectivity index (χ2n) is 3.39. The highest BCUT2D eigenvalue weighted by molar-refractivity contribution is 9.10. The third kappa shape index (κ3) is 2.68. The van der Waals surface area contributed by atoms with E-state index in [4.69, 9.17) is 11.6 Å². The average Bonchev–Trinajstić information content (AvgIpc) is 2.35. The number of carbonyl (C=O) groups excluding carboxylic acids is 1. The minimum atomic E-state index is -0.747. The highest BCUT2D eigenvalue weighted by Crippen LogP contribution is 2.21. The van der Waals surface area contributed by atoms with E-state index < -0.39 is 11.7 Å². The Morgan fingerprint density at radius 3 is 2.83 bits per heavy atom.